The molecule has 0 saturated carbocycles. The van der Waals surface area contributed by atoms with Gasteiger partial charge in [-0.25, -0.2) is 4.98 Å². The summed E-state index contributed by atoms with van der Waals surface area (Å²) in [5, 5.41) is 21.7. The van der Waals surface area contributed by atoms with Crippen LogP contribution in [0.1, 0.15) is 5.69 Å². The molecule has 1 saturated heterocycles. The summed E-state index contributed by atoms with van der Waals surface area (Å²) >= 11 is 6.46. The van der Waals surface area contributed by atoms with E-state index in [2.05, 4.69) is 30.9 Å². The smallest absolute Gasteiger partial charge is 0.276 e. The summed E-state index contributed by atoms with van der Waals surface area (Å²) in [5.74, 6) is -1.78. The summed E-state index contributed by atoms with van der Waals surface area (Å²) in [6.07, 6.45) is 0. The van der Waals surface area contributed by atoms with Gasteiger partial charge < -0.3 is 25.9 Å². The highest BCUT2D eigenvalue weighted by Crippen LogP contribution is 2.17. The van der Waals surface area contributed by atoms with Crippen molar-refractivity contribution >= 4 is 51.5 Å². The van der Waals surface area contributed by atoms with Crippen LogP contribution >= 0.6 is 22.9 Å². The van der Waals surface area contributed by atoms with Crippen LogP contribution in [0.25, 0.3) is 0 Å². The SMILES string of the molecule is CO/N=C(\C(=O)N[C@H]1C(=O)N[C@H]1CO)c1csc(NC(=O)CCl)n1. The minimum absolute atomic E-state index is 0.157. The number of aromatic nitrogens is 1. The largest absolute Gasteiger partial charge is 0.398 e. The van der Waals surface area contributed by atoms with Crippen molar-refractivity contribution in [1.82, 2.24) is 15.6 Å². The molecule has 12 heteroatoms. The maximum Gasteiger partial charge on any atom is 0.276 e. The van der Waals surface area contributed by atoms with E-state index in [-0.39, 0.29) is 29.0 Å². The zero-order valence-electron chi connectivity index (χ0n) is 12.4. The van der Waals surface area contributed by atoms with Crippen molar-refractivity contribution in [3.63, 3.8) is 0 Å². The number of hydrogen-bond donors (Lipinski definition) is 4. The molecule has 2 heterocycles. The van der Waals surface area contributed by atoms with Gasteiger partial charge in [0.1, 0.15) is 24.7 Å². The maximum absolute atomic E-state index is 12.3. The van der Waals surface area contributed by atoms with Crippen molar-refractivity contribution in [1.29, 1.82) is 0 Å². The number of nitrogens with one attached hydrogen (secondary N) is 3. The first-order chi connectivity index (χ1) is 11.5. The van der Waals surface area contributed by atoms with Crippen LogP contribution in [0.2, 0.25) is 0 Å². The molecular weight excluding hydrogens is 362 g/mol. The molecule has 2 atom stereocenters. The van der Waals surface area contributed by atoms with E-state index in [4.69, 9.17) is 16.7 Å². The molecule has 0 aliphatic carbocycles. The summed E-state index contributed by atoms with van der Waals surface area (Å²) in [4.78, 5) is 43.7. The zero-order valence-corrected chi connectivity index (χ0v) is 14.0. The minimum atomic E-state index is -0.862. The summed E-state index contributed by atoms with van der Waals surface area (Å²) in [6.45, 7) is -0.307. The van der Waals surface area contributed by atoms with Crippen LogP contribution in [0.3, 0.4) is 0 Å². The minimum Gasteiger partial charge on any atom is -0.398 e. The molecule has 0 radical (unpaired) electrons. The Labute approximate surface area is 145 Å². The van der Waals surface area contributed by atoms with E-state index in [1.54, 1.807) is 0 Å². The van der Waals surface area contributed by atoms with Crippen LogP contribution < -0.4 is 16.0 Å². The Morgan fingerprint density at radius 3 is 2.92 bits per heavy atom. The predicted octanol–water partition coefficient (Wildman–Crippen LogP) is -1.35. The molecule has 4 N–H and O–H groups in total. The Bertz CT molecular complexity index is 679. The molecule has 1 aromatic heterocycles. The molecule has 10 nitrogen and oxygen atoms in total. The summed E-state index contributed by atoms with van der Waals surface area (Å²) in [7, 11) is 1.25. The van der Waals surface area contributed by atoms with Gasteiger partial charge in [0.05, 0.1) is 12.6 Å². The van der Waals surface area contributed by atoms with Gasteiger partial charge in [0, 0.05) is 5.38 Å². The average molecular weight is 376 g/mol. The quantitative estimate of drug-likeness (QED) is 0.201. The zero-order chi connectivity index (χ0) is 17.7. The fourth-order valence-corrected chi connectivity index (χ4v) is 2.64. The van der Waals surface area contributed by atoms with Gasteiger partial charge in [-0.2, -0.15) is 0 Å². The van der Waals surface area contributed by atoms with E-state index in [0.29, 0.717) is 0 Å². The number of alkyl halides is 1. The summed E-state index contributed by atoms with van der Waals surface area (Å²) in [5.41, 5.74) is -0.0129. The van der Waals surface area contributed by atoms with Crippen molar-refractivity contribution in [3.8, 4) is 0 Å². The lowest BCUT2D eigenvalue weighted by Gasteiger charge is -2.35. The number of nitrogens with zero attached hydrogens (tertiary/aromatic N) is 2. The van der Waals surface area contributed by atoms with Crippen LogP contribution in [0.4, 0.5) is 5.13 Å². The van der Waals surface area contributed by atoms with E-state index >= 15 is 0 Å². The standard InChI is InChI=1S/C12H14ClN5O5S/c1-23-18-9(6-4-24-12(15-6)16-7(20)2-13)11(22)17-8-5(3-19)14-10(8)21/h4-5,8,19H,2-3H2,1H3,(H,14,21)(H,17,22)(H,15,16,20)/b18-9-/t5-,8+/m0/s1. The monoisotopic (exact) mass is 375 g/mol. The van der Waals surface area contributed by atoms with Crippen LogP contribution in [-0.4, -0.2) is 65.2 Å². The number of oxime groups is 1. The van der Waals surface area contributed by atoms with Gasteiger partial charge in [-0.05, 0) is 0 Å². The number of halogens is 1. The van der Waals surface area contributed by atoms with E-state index in [9.17, 15) is 14.4 Å². The molecule has 0 unspecified atom stereocenters. The second kappa shape index (κ2) is 8.04. The van der Waals surface area contributed by atoms with Crippen molar-refractivity contribution in [2.75, 3.05) is 24.9 Å². The molecule has 1 aromatic rings. The number of carbonyl (C=O) groups is 3. The first-order valence-corrected chi connectivity index (χ1v) is 8.06. The fraction of sp³-hybridized carbons (Fsp3) is 0.417. The van der Waals surface area contributed by atoms with Crippen molar-refractivity contribution in [2.45, 2.75) is 12.1 Å². The van der Waals surface area contributed by atoms with Gasteiger partial charge in [-0.3, -0.25) is 14.4 Å². The van der Waals surface area contributed by atoms with Gasteiger partial charge in [0.25, 0.3) is 5.91 Å². The highest BCUT2D eigenvalue weighted by Gasteiger charge is 2.40. The Balaban J connectivity index is 2.11. The third-order valence-electron chi connectivity index (χ3n) is 3.01. The third kappa shape index (κ3) is 3.99. The number of hydrogen-bond acceptors (Lipinski definition) is 8. The third-order valence-corrected chi connectivity index (χ3v) is 4.01. The van der Waals surface area contributed by atoms with Gasteiger partial charge in [-0.1, -0.05) is 5.16 Å². The number of aliphatic hydroxyl groups excluding tert-OH is 1. The molecule has 0 aromatic carbocycles. The number of β-lactam (4-membered cyclic amide) rings is 1. The molecular formula is C12H14ClN5O5S. The van der Waals surface area contributed by atoms with E-state index in [0.717, 1.165) is 11.3 Å². The van der Waals surface area contributed by atoms with E-state index < -0.39 is 29.8 Å². The normalized spacial score (nSPS) is 20.0. The first-order valence-electron chi connectivity index (χ1n) is 6.65. The lowest BCUT2D eigenvalue weighted by atomic mass is 9.99. The Morgan fingerprint density at radius 2 is 2.33 bits per heavy atom. The fourth-order valence-electron chi connectivity index (χ4n) is 1.86. The number of amides is 3. The highest BCUT2D eigenvalue weighted by molar-refractivity contribution is 7.14. The van der Waals surface area contributed by atoms with E-state index in [1.165, 1.54) is 12.5 Å². The van der Waals surface area contributed by atoms with Crippen LogP contribution in [0, 0.1) is 0 Å². The van der Waals surface area contributed by atoms with Crippen LogP contribution in [0.5, 0.6) is 0 Å². The average Bonchev–Trinajstić information content (AvgIpc) is 3.02. The van der Waals surface area contributed by atoms with Crippen LogP contribution in [-0.2, 0) is 19.2 Å². The number of carbonyl (C=O) groups excluding carboxylic acids is 3. The van der Waals surface area contributed by atoms with Gasteiger partial charge in [-0.15, -0.1) is 22.9 Å². The lowest BCUT2D eigenvalue weighted by Crippen LogP contribution is -2.70. The number of thiazole rings is 1. The number of anilines is 1. The molecule has 0 spiro atoms. The summed E-state index contributed by atoms with van der Waals surface area (Å²) in [6, 6.07) is -1.42. The van der Waals surface area contributed by atoms with Crippen molar-refractivity contribution in [3.05, 3.63) is 11.1 Å². The Hall–Kier alpha value is -2.24. The Kier molecular flexibility index (Phi) is 6.06. The van der Waals surface area contributed by atoms with Gasteiger partial charge >= 0.3 is 0 Å². The predicted molar refractivity (Wildman–Crippen MR) is 86.0 cm³/mol. The number of aliphatic hydroxyl groups is 1. The second-order valence-electron chi connectivity index (χ2n) is 4.59. The first kappa shape index (κ1) is 18.1. The lowest BCUT2D eigenvalue weighted by molar-refractivity contribution is -0.135. The molecule has 24 heavy (non-hydrogen) atoms. The van der Waals surface area contributed by atoms with Crippen LogP contribution in [0.15, 0.2) is 10.5 Å². The highest BCUT2D eigenvalue weighted by atomic mass is 35.5. The van der Waals surface area contributed by atoms with Crippen molar-refractivity contribution in [2.24, 2.45) is 5.16 Å². The van der Waals surface area contributed by atoms with Gasteiger partial charge in [0.15, 0.2) is 10.8 Å². The molecule has 2 rings (SSSR count). The topological polar surface area (TPSA) is 142 Å². The van der Waals surface area contributed by atoms with E-state index in [1.807, 2.05) is 0 Å². The Morgan fingerprint density at radius 1 is 1.58 bits per heavy atom. The molecule has 130 valence electrons. The maximum atomic E-state index is 12.3. The number of rotatable bonds is 7. The molecule has 0 bridgehead atoms. The molecule has 1 fully saturated rings. The molecule has 1 aliphatic rings. The van der Waals surface area contributed by atoms with Gasteiger partial charge in [0.2, 0.25) is 11.8 Å². The van der Waals surface area contributed by atoms with Crippen molar-refractivity contribution < 1.29 is 24.3 Å². The second-order valence-corrected chi connectivity index (χ2v) is 5.72. The summed E-state index contributed by atoms with van der Waals surface area (Å²) < 4.78 is 0. The molecule has 3 amide bonds. The molecule has 1 aliphatic heterocycles.